The van der Waals surface area contributed by atoms with Gasteiger partial charge in [0.1, 0.15) is 7.05 Å². The average Bonchev–Trinajstić information content (AvgIpc) is 3.03. The summed E-state index contributed by atoms with van der Waals surface area (Å²) in [6, 6.07) is 30.7. The van der Waals surface area contributed by atoms with Crippen molar-refractivity contribution in [2.24, 2.45) is 0 Å². The average molecular weight is 641 g/mol. The Bertz CT molecular complexity index is 1500. The van der Waals surface area contributed by atoms with Crippen molar-refractivity contribution in [2.45, 2.75) is 6.92 Å². The van der Waals surface area contributed by atoms with Crippen molar-refractivity contribution in [1.82, 2.24) is 29.9 Å². The first kappa shape index (κ1) is 31.5. The number of aryl methyl sites for hydroxylation is 1. The topological polar surface area (TPSA) is 103 Å². The Morgan fingerprint density at radius 1 is 0.500 bits per heavy atom. The maximum atomic E-state index is 10.9. The van der Waals surface area contributed by atoms with E-state index in [2.05, 4.69) is 29.9 Å². The molecule has 9 heteroatoms. The van der Waals surface area contributed by atoms with Gasteiger partial charge in [-0.25, -0.2) is 4.74 Å². The second-order valence-corrected chi connectivity index (χ2v) is 8.73. The zero-order valence-electron chi connectivity index (χ0n) is 23.2. The quantitative estimate of drug-likeness (QED) is 0.0733. The molecule has 0 bridgehead atoms. The van der Waals surface area contributed by atoms with Crippen LogP contribution in [0, 0.1) is 12.1 Å². The van der Waals surface area contributed by atoms with Gasteiger partial charge in [0.25, 0.3) is 0 Å². The molecule has 6 heterocycles. The van der Waals surface area contributed by atoms with E-state index in [0.717, 1.165) is 50.0 Å². The van der Waals surface area contributed by atoms with Crippen LogP contribution in [0.1, 0.15) is 11.1 Å². The van der Waals surface area contributed by atoms with E-state index >= 15 is 0 Å². The Hall–Kier alpha value is -5.01. The molecule has 0 fully saturated rings. The fourth-order valence-corrected chi connectivity index (χ4v) is 3.61. The minimum Gasteiger partial charge on any atom is -0.624 e. The summed E-state index contributed by atoms with van der Waals surface area (Å²) in [7, 11) is 1.45. The van der Waals surface area contributed by atoms with Gasteiger partial charge in [-0.15, -0.1) is 0 Å². The van der Waals surface area contributed by atoms with Gasteiger partial charge in [0.2, 0.25) is 0 Å². The van der Waals surface area contributed by atoms with Crippen molar-refractivity contribution < 1.29 is 24.2 Å². The fraction of sp³-hybridized carbons (Fsp3) is 0.0606. The van der Waals surface area contributed by atoms with E-state index in [1.165, 1.54) is 13.3 Å². The van der Waals surface area contributed by atoms with Gasteiger partial charge < -0.3 is 5.21 Å². The predicted octanol–water partition coefficient (Wildman–Crippen LogP) is 6.30. The molecule has 6 rings (SSSR count). The van der Waals surface area contributed by atoms with Gasteiger partial charge in [-0.3, -0.25) is 29.9 Å². The predicted molar refractivity (Wildman–Crippen MR) is 162 cm³/mol. The molecule has 0 amide bonds. The molecule has 0 saturated carbocycles. The summed E-state index contributed by atoms with van der Waals surface area (Å²) in [5, 5.41) is 10.9. The van der Waals surface area contributed by atoms with Crippen LogP contribution in [-0.4, -0.2) is 47.9 Å². The van der Waals surface area contributed by atoms with E-state index in [4.69, 9.17) is 0 Å². The Morgan fingerprint density at radius 3 is 1.24 bits per heavy atom. The summed E-state index contributed by atoms with van der Waals surface area (Å²) < 4.78 is 0.767. The number of hydroxylamine groups is 1. The van der Waals surface area contributed by atoms with Crippen LogP contribution in [0.4, 0.5) is 0 Å². The normalized spacial score (nSPS) is 10.2. The molecule has 8 nitrogen and oxygen atoms in total. The zero-order chi connectivity index (χ0) is 28.7. The molecular weight excluding hydrogens is 611 g/mol. The van der Waals surface area contributed by atoms with Crippen LogP contribution < -0.4 is 0 Å². The largest absolute Gasteiger partial charge is 0.624 e. The second-order valence-electron chi connectivity index (χ2n) is 8.73. The minimum absolute atomic E-state index is 0. The van der Waals surface area contributed by atoms with Gasteiger partial charge >= 0.3 is 0 Å². The molecule has 6 aromatic heterocycles. The number of rotatable bonds is 4. The summed E-state index contributed by atoms with van der Waals surface area (Å²) in [4.78, 5) is 25.3. The molecule has 0 radical (unpaired) electrons. The Labute approximate surface area is 258 Å². The number of pyridine rings is 6. The molecule has 210 valence electrons. The van der Waals surface area contributed by atoms with Gasteiger partial charge in [0, 0.05) is 62.2 Å². The van der Waals surface area contributed by atoms with E-state index in [9.17, 15) is 5.21 Å². The number of hydrogen-bond donors (Lipinski definition) is 0. The minimum atomic E-state index is 0. The number of hydrogen-bond acceptors (Lipinski definition) is 7. The second kappa shape index (κ2) is 16.9. The SMILES string of the molecule is Cc1ccnc(-c2cc(/C=[N+](/C)[O-])ccn2)c1.[Ru].c1ccc(-c2ccccn2)nc1.c1ccc(-c2ccccn2)nc1. The van der Waals surface area contributed by atoms with E-state index < -0.39 is 0 Å². The molecule has 0 aromatic carbocycles. The molecule has 0 unspecified atom stereocenters. The van der Waals surface area contributed by atoms with E-state index in [1.54, 1.807) is 43.2 Å². The molecule has 0 aliphatic rings. The monoisotopic (exact) mass is 641 g/mol. The van der Waals surface area contributed by atoms with Gasteiger partial charge in [0.15, 0.2) is 6.21 Å². The van der Waals surface area contributed by atoms with Crippen LogP contribution >= 0.6 is 0 Å². The van der Waals surface area contributed by atoms with Crippen LogP contribution in [0.5, 0.6) is 0 Å². The van der Waals surface area contributed by atoms with Crippen molar-refractivity contribution in [3.8, 4) is 34.2 Å². The summed E-state index contributed by atoms with van der Waals surface area (Å²) in [6.07, 6.45) is 12.0. The van der Waals surface area contributed by atoms with Crippen molar-refractivity contribution >= 4 is 6.21 Å². The third-order valence-electron chi connectivity index (χ3n) is 5.48. The molecule has 0 N–H and O–H groups in total. The van der Waals surface area contributed by atoms with Crippen LogP contribution in [0.15, 0.2) is 134 Å². The van der Waals surface area contributed by atoms with Crippen molar-refractivity contribution in [1.29, 1.82) is 0 Å². The molecule has 0 aliphatic carbocycles. The zero-order valence-corrected chi connectivity index (χ0v) is 24.9. The first-order chi connectivity index (χ1) is 20.1. The van der Waals surface area contributed by atoms with Crippen LogP contribution in [0.2, 0.25) is 0 Å². The van der Waals surface area contributed by atoms with Crippen molar-refractivity contribution in [2.75, 3.05) is 7.05 Å². The molecule has 0 saturated heterocycles. The van der Waals surface area contributed by atoms with Crippen molar-refractivity contribution in [3.63, 3.8) is 0 Å². The van der Waals surface area contributed by atoms with E-state index in [1.807, 2.05) is 97.9 Å². The summed E-state index contributed by atoms with van der Waals surface area (Å²) >= 11 is 0. The number of nitrogens with zero attached hydrogens (tertiary/aromatic N) is 7. The maximum Gasteiger partial charge on any atom is 0.181 e. The Balaban J connectivity index is 0.000000175. The van der Waals surface area contributed by atoms with Crippen molar-refractivity contribution in [3.05, 3.63) is 151 Å². The summed E-state index contributed by atoms with van der Waals surface area (Å²) in [5.41, 5.74) is 7.19. The smallest absolute Gasteiger partial charge is 0.181 e. The molecule has 0 aliphatic heterocycles. The third kappa shape index (κ3) is 10.2. The van der Waals surface area contributed by atoms with Gasteiger partial charge in [-0.2, -0.15) is 0 Å². The van der Waals surface area contributed by atoms with Crippen LogP contribution in [0.3, 0.4) is 0 Å². The first-order valence-electron chi connectivity index (χ1n) is 12.9. The van der Waals surface area contributed by atoms with Gasteiger partial charge in [-0.05, 0) is 85.3 Å². The molecule has 6 aromatic rings. The van der Waals surface area contributed by atoms with Gasteiger partial charge in [-0.1, -0.05) is 24.3 Å². The van der Waals surface area contributed by atoms with E-state index in [0.29, 0.717) is 0 Å². The fourth-order valence-electron chi connectivity index (χ4n) is 3.61. The number of aromatic nitrogens is 6. The first-order valence-corrected chi connectivity index (χ1v) is 12.9. The molecule has 0 spiro atoms. The Morgan fingerprint density at radius 2 is 0.881 bits per heavy atom. The van der Waals surface area contributed by atoms with E-state index in [-0.39, 0.29) is 19.5 Å². The summed E-state index contributed by atoms with van der Waals surface area (Å²) in [5.74, 6) is 0. The molecule has 0 atom stereocenters. The summed E-state index contributed by atoms with van der Waals surface area (Å²) in [6.45, 7) is 2.01. The third-order valence-corrected chi connectivity index (χ3v) is 5.48. The van der Waals surface area contributed by atoms with Crippen LogP contribution in [-0.2, 0) is 19.5 Å². The molecule has 42 heavy (non-hydrogen) atoms. The van der Waals surface area contributed by atoms with Crippen LogP contribution in [0.25, 0.3) is 34.2 Å². The van der Waals surface area contributed by atoms with Gasteiger partial charge in [0.05, 0.1) is 34.2 Å². The maximum absolute atomic E-state index is 10.9. The molecular formula is C33H29N7ORu. The Kier molecular flexibility index (Phi) is 12.7. The standard InChI is InChI=1S/C13H13N3O.2C10H8N2.Ru/c1-10-3-5-14-12(7-10)13-8-11(4-6-15-13)9-16(2)17;2*1-3-7-11-9(5-1)10-6-2-4-8-12-10;/h3-9H,1-2H3;2*1-8H;/b16-9-;;;.